The molecule has 1 fully saturated rings. The van der Waals surface area contributed by atoms with Crippen LogP contribution in [-0.4, -0.2) is 39.2 Å². The van der Waals surface area contributed by atoms with E-state index in [1.165, 1.54) is 17.7 Å². The number of halogens is 1. The van der Waals surface area contributed by atoms with Crippen molar-refractivity contribution in [3.05, 3.63) is 65.8 Å². The molecule has 6 nitrogen and oxygen atoms in total. The quantitative estimate of drug-likeness (QED) is 0.782. The van der Waals surface area contributed by atoms with E-state index in [4.69, 9.17) is 4.42 Å². The van der Waals surface area contributed by atoms with Crippen LogP contribution in [0.5, 0.6) is 5.75 Å². The number of aromatic nitrogens is 2. The molecule has 132 valence electrons. The topological polar surface area (TPSA) is 79.5 Å². The lowest BCUT2D eigenvalue weighted by atomic mass is 9.99. The van der Waals surface area contributed by atoms with E-state index in [0.717, 1.165) is 12.5 Å². The number of rotatable bonds is 3. The summed E-state index contributed by atoms with van der Waals surface area (Å²) in [6, 6.07) is 13.7. The Morgan fingerprint density at radius 2 is 2.00 bits per heavy atom. The third-order valence-corrected chi connectivity index (χ3v) is 4.55. The maximum atomic E-state index is 13.2. The van der Waals surface area contributed by atoms with Crippen LogP contribution in [0.15, 0.2) is 52.9 Å². The fourth-order valence-corrected chi connectivity index (χ4v) is 3.15. The van der Waals surface area contributed by atoms with Gasteiger partial charge in [-0.05, 0) is 30.2 Å². The molecule has 4 rings (SSSR count). The molecule has 3 aromatic rings. The molecule has 0 spiro atoms. The summed E-state index contributed by atoms with van der Waals surface area (Å²) in [5, 5.41) is 17.1. The molecular formula is C19H16FN3O3. The third kappa shape index (κ3) is 3.03. The van der Waals surface area contributed by atoms with Gasteiger partial charge in [-0.25, -0.2) is 4.39 Å². The first kappa shape index (κ1) is 16.3. The number of nitrogens with zero attached hydrogens (tertiary/aromatic N) is 3. The zero-order valence-corrected chi connectivity index (χ0v) is 13.8. The molecule has 1 aromatic heterocycles. The summed E-state index contributed by atoms with van der Waals surface area (Å²) in [4.78, 5) is 14.3. The van der Waals surface area contributed by atoms with Crippen molar-refractivity contribution in [2.24, 2.45) is 0 Å². The molecule has 1 atom stereocenters. The smallest absolute Gasteiger partial charge is 0.311 e. The molecule has 2 heterocycles. The minimum atomic E-state index is -0.742. The number of carbonyl (C=O) groups is 1. The molecule has 1 amide bonds. The van der Waals surface area contributed by atoms with Gasteiger partial charge in [-0.1, -0.05) is 30.3 Å². The molecule has 2 aromatic carbocycles. The highest BCUT2D eigenvalue weighted by atomic mass is 19.1. The summed E-state index contributed by atoms with van der Waals surface area (Å²) in [7, 11) is 0. The van der Waals surface area contributed by atoms with Gasteiger partial charge in [0.05, 0.1) is 0 Å². The highest BCUT2D eigenvalue weighted by Crippen LogP contribution is 2.29. The first-order valence-electron chi connectivity index (χ1n) is 8.28. The maximum absolute atomic E-state index is 13.2. The van der Waals surface area contributed by atoms with E-state index >= 15 is 0 Å². The zero-order chi connectivity index (χ0) is 18.1. The van der Waals surface area contributed by atoms with E-state index in [0.29, 0.717) is 18.7 Å². The van der Waals surface area contributed by atoms with Crippen molar-refractivity contribution >= 4 is 5.91 Å². The van der Waals surface area contributed by atoms with Gasteiger partial charge < -0.3 is 14.4 Å². The Bertz CT molecular complexity index is 942. The van der Waals surface area contributed by atoms with Crippen LogP contribution in [0.3, 0.4) is 0 Å². The van der Waals surface area contributed by atoms with Crippen LogP contribution in [0.2, 0.25) is 0 Å². The number of benzene rings is 2. The van der Waals surface area contributed by atoms with Gasteiger partial charge >= 0.3 is 11.8 Å². The van der Waals surface area contributed by atoms with Gasteiger partial charge in [0.2, 0.25) is 5.89 Å². The molecule has 0 saturated carbocycles. The van der Waals surface area contributed by atoms with E-state index in [2.05, 4.69) is 22.3 Å². The van der Waals surface area contributed by atoms with E-state index in [1.807, 2.05) is 18.2 Å². The van der Waals surface area contributed by atoms with E-state index in [-0.39, 0.29) is 23.6 Å². The molecule has 1 unspecified atom stereocenters. The number of phenolic OH excluding ortho intramolecular Hbond substituents is 1. The van der Waals surface area contributed by atoms with E-state index in [1.54, 1.807) is 4.90 Å². The van der Waals surface area contributed by atoms with Crippen LogP contribution in [0.25, 0.3) is 11.5 Å². The fraction of sp³-hybridized carbons (Fsp3) is 0.211. The van der Waals surface area contributed by atoms with Crippen LogP contribution in [0, 0.1) is 5.82 Å². The predicted octanol–water partition coefficient (Wildman–Crippen LogP) is 3.21. The van der Waals surface area contributed by atoms with Gasteiger partial charge in [0.15, 0.2) is 11.6 Å². The minimum Gasteiger partial charge on any atom is -0.505 e. The van der Waals surface area contributed by atoms with E-state index < -0.39 is 11.6 Å². The number of likely N-dealkylation sites (tertiary alicyclic amines) is 1. The monoisotopic (exact) mass is 353 g/mol. The number of carbonyl (C=O) groups excluding carboxylic acids is 1. The number of aromatic hydroxyl groups is 1. The normalized spacial score (nSPS) is 16.8. The lowest BCUT2D eigenvalue weighted by Gasteiger charge is -2.14. The average Bonchev–Trinajstić information content (AvgIpc) is 3.34. The van der Waals surface area contributed by atoms with Gasteiger partial charge in [-0.2, -0.15) is 0 Å². The van der Waals surface area contributed by atoms with Crippen LogP contribution in [-0.2, 0) is 0 Å². The Morgan fingerprint density at radius 1 is 1.19 bits per heavy atom. The summed E-state index contributed by atoms with van der Waals surface area (Å²) < 4.78 is 18.6. The zero-order valence-electron chi connectivity index (χ0n) is 13.8. The third-order valence-electron chi connectivity index (χ3n) is 4.55. The van der Waals surface area contributed by atoms with Crippen molar-refractivity contribution in [3.8, 4) is 17.2 Å². The van der Waals surface area contributed by atoms with Gasteiger partial charge in [0.1, 0.15) is 0 Å². The second-order valence-electron chi connectivity index (χ2n) is 6.23. The number of amides is 1. The summed E-state index contributed by atoms with van der Waals surface area (Å²) in [5.41, 5.74) is 1.55. The average molecular weight is 353 g/mol. The molecule has 1 aliphatic rings. The van der Waals surface area contributed by atoms with Crippen LogP contribution >= 0.6 is 0 Å². The molecule has 1 N–H and O–H groups in total. The van der Waals surface area contributed by atoms with Crippen molar-refractivity contribution in [1.29, 1.82) is 0 Å². The van der Waals surface area contributed by atoms with Crippen molar-refractivity contribution in [2.45, 2.75) is 12.3 Å². The second-order valence-corrected chi connectivity index (χ2v) is 6.23. The standard InChI is InChI=1S/C19H16FN3O3/c20-15-7-6-13(10-16(15)24)17-21-22-18(26-17)19(25)23-9-8-14(11-23)12-4-2-1-3-5-12/h1-7,10,14,24H,8-9,11H2. The lowest BCUT2D eigenvalue weighted by molar-refractivity contribution is 0.0752. The second kappa shape index (κ2) is 6.59. The van der Waals surface area contributed by atoms with Gasteiger partial charge in [0, 0.05) is 24.6 Å². The predicted molar refractivity (Wildman–Crippen MR) is 91.1 cm³/mol. The molecule has 1 saturated heterocycles. The molecule has 0 radical (unpaired) electrons. The van der Waals surface area contributed by atoms with Crippen molar-refractivity contribution in [3.63, 3.8) is 0 Å². The first-order valence-corrected chi connectivity index (χ1v) is 8.28. The van der Waals surface area contributed by atoms with Crippen LogP contribution in [0.4, 0.5) is 4.39 Å². The van der Waals surface area contributed by atoms with Crippen molar-refractivity contribution in [2.75, 3.05) is 13.1 Å². The number of hydrogen-bond donors (Lipinski definition) is 1. The van der Waals surface area contributed by atoms with Crippen LogP contribution in [0.1, 0.15) is 28.6 Å². The van der Waals surface area contributed by atoms with Gasteiger partial charge in [-0.15, -0.1) is 10.2 Å². The van der Waals surface area contributed by atoms with Gasteiger partial charge in [-0.3, -0.25) is 4.79 Å². The summed E-state index contributed by atoms with van der Waals surface area (Å²) in [6.07, 6.45) is 0.878. The highest BCUT2D eigenvalue weighted by molar-refractivity contribution is 5.90. The van der Waals surface area contributed by atoms with Crippen molar-refractivity contribution in [1.82, 2.24) is 15.1 Å². The molecule has 0 aliphatic carbocycles. The summed E-state index contributed by atoms with van der Waals surface area (Å²) in [5.74, 6) is -1.35. The van der Waals surface area contributed by atoms with Gasteiger partial charge in [0.25, 0.3) is 0 Å². The number of phenols is 1. The minimum absolute atomic E-state index is 0.0578. The molecular weight excluding hydrogens is 337 g/mol. The maximum Gasteiger partial charge on any atom is 0.311 e. The van der Waals surface area contributed by atoms with Crippen LogP contribution < -0.4 is 0 Å². The Kier molecular flexibility index (Phi) is 4.12. The Balaban J connectivity index is 1.49. The van der Waals surface area contributed by atoms with Crippen molar-refractivity contribution < 1.29 is 18.7 Å². The molecule has 26 heavy (non-hydrogen) atoms. The summed E-state index contributed by atoms with van der Waals surface area (Å²) >= 11 is 0. The van der Waals surface area contributed by atoms with E-state index in [9.17, 15) is 14.3 Å². The SMILES string of the molecule is O=C(c1nnc(-c2ccc(F)c(O)c2)o1)N1CCC(c2ccccc2)C1. The molecule has 0 bridgehead atoms. The lowest BCUT2D eigenvalue weighted by Crippen LogP contribution is -2.28. The Labute approximate surface area is 148 Å². The largest absolute Gasteiger partial charge is 0.505 e. The molecule has 1 aliphatic heterocycles. The first-order chi connectivity index (χ1) is 12.6. The Morgan fingerprint density at radius 3 is 2.77 bits per heavy atom. The fourth-order valence-electron chi connectivity index (χ4n) is 3.15. The Hall–Kier alpha value is -3.22. The number of hydrogen-bond acceptors (Lipinski definition) is 5. The molecule has 7 heteroatoms. The summed E-state index contributed by atoms with van der Waals surface area (Å²) in [6.45, 7) is 1.21. The highest BCUT2D eigenvalue weighted by Gasteiger charge is 2.30.